The number of likely N-dealkylation sites (tertiary alicyclic amines) is 1. The molecule has 3 atom stereocenters. The van der Waals surface area contributed by atoms with Crippen LogP contribution in [0.2, 0.25) is 0 Å². The van der Waals surface area contributed by atoms with Crippen LogP contribution in [0.15, 0.2) is 30.9 Å². The fourth-order valence-electron chi connectivity index (χ4n) is 4.56. The number of carbonyl (C=O) groups is 3. The van der Waals surface area contributed by atoms with Gasteiger partial charge < -0.3 is 19.9 Å². The third kappa shape index (κ3) is 5.94. The minimum atomic E-state index is -5.10. The van der Waals surface area contributed by atoms with E-state index in [-0.39, 0.29) is 24.3 Å². The molecule has 0 radical (unpaired) electrons. The van der Waals surface area contributed by atoms with Gasteiger partial charge in [-0.05, 0) is 35.8 Å². The molecule has 0 unspecified atom stereocenters. The quantitative estimate of drug-likeness (QED) is 0.667. The highest BCUT2D eigenvalue weighted by molar-refractivity contribution is 6.00. The predicted molar refractivity (Wildman–Crippen MR) is 123 cm³/mol. The normalized spacial score (nSPS) is 20.1. The minimum absolute atomic E-state index is 0.00713. The van der Waals surface area contributed by atoms with Crippen LogP contribution in [0.25, 0.3) is 5.52 Å². The van der Waals surface area contributed by atoms with Crippen LogP contribution >= 0.6 is 0 Å². The minimum Gasteiger partial charge on any atom is -0.349 e. The van der Waals surface area contributed by atoms with Crippen LogP contribution in [0.5, 0.6) is 0 Å². The van der Waals surface area contributed by atoms with Gasteiger partial charge in [0.25, 0.3) is 5.91 Å². The summed E-state index contributed by atoms with van der Waals surface area (Å²) in [7, 11) is 0. The van der Waals surface area contributed by atoms with Gasteiger partial charge in [-0.3, -0.25) is 14.4 Å². The Balaban J connectivity index is 1.82. The molecule has 3 heterocycles. The number of fused-ring (bicyclic) bond motifs is 1. The van der Waals surface area contributed by atoms with E-state index in [0.717, 1.165) is 0 Å². The van der Waals surface area contributed by atoms with Crippen molar-refractivity contribution in [2.75, 3.05) is 13.1 Å². The van der Waals surface area contributed by atoms with Gasteiger partial charge in [-0.25, -0.2) is 4.98 Å². The van der Waals surface area contributed by atoms with Gasteiger partial charge in [0, 0.05) is 25.3 Å². The number of piperidine rings is 1. The zero-order chi connectivity index (χ0) is 26.1. The summed E-state index contributed by atoms with van der Waals surface area (Å²) in [5.41, 5.74) is 0.162. The lowest BCUT2D eigenvalue weighted by Gasteiger charge is -2.42. The molecule has 1 aliphatic rings. The lowest BCUT2D eigenvalue weighted by atomic mass is 9.81. The summed E-state index contributed by atoms with van der Waals surface area (Å²) in [6.45, 7) is 9.43. The van der Waals surface area contributed by atoms with Crippen molar-refractivity contribution in [1.29, 1.82) is 0 Å². The van der Waals surface area contributed by atoms with Gasteiger partial charge in [-0.1, -0.05) is 34.6 Å². The number of hydrogen-bond acceptors (Lipinski definition) is 4. The molecule has 0 aromatic carbocycles. The van der Waals surface area contributed by atoms with Crippen LogP contribution in [-0.4, -0.2) is 63.4 Å². The Morgan fingerprint density at radius 1 is 1.17 bits per heavy atom. The fraction of sp³-hybridized carbons (Fsp3) is 0.583. The maximum atomic E-state index is 13.4. The second-order valence-corrected chi connectivity index (χ2v) is 10.4. The zero-order valence-corrected chi connectivity index (χ0v) is 20.5. The lowest BCUT2D eigenvalue weighted by Crippen LogP contribution is -2.61. The van der Waals surface area contributed by atoms with Gasteiger partial charge in [-0.2, -0.15) is 13.2 Å². The summed E-state index contributed by atoms with van der Waals surface area (Å²) in [6, 6.07) is 1.57. The summed E-state index contributed by atoms with van der Waals surface area (Å²) in [4.78, 5) is 43.9. The molecule has 2 aromatic rings. The summed E-state index contributed by atoms with van der Waals surface area (Å²) in [5, 5.41) is 4.69. The topological polar surface area (TPSA) is 95.8 Å². The number of aromatic nitrogens is 2. The number of carbonyl (C=O) groups excluding carboxylic acids is 3. The lowest BCUT2D eigenvalue weighted by molar-refractivity contribution is -0.175. The summed E-state index contributed by atoms with van der Waals surface area (Å²) < 4.78 is 40.4. The van der Waals surface area contributed by atoms with Gasteiger partial charge in [0.2, 0.25) is 5.91 Å². The highest BCUT2D eigenvalue weighted by atomic mass is 19.4. The van der Waals surface area contributed by atoms with Crippen molar-refractivity contribution in [3.8, 4) is 0 Å². The smallest absolute Gasteiger partial charge is 0.349 e. The van der Waals surface area contributed by atoms with Crippen LogP contribution in [-0.2, 0) is 9.59 Å². The van der Waals surface area contributed by atoms with Gasteiger partial charge >= 0.3 is 12.1 Å². The largest absolute Gasteiger partial charge is 0.471 e. The average molecular weight is 496 g/mol. The maximum Gasteiger partial charge on any atom is 0.471 e. The predicted octanol–water partition coefficient (Wildman–Crippen LogP) is 3.03. The summed E-state index contributed by atoms with van der Waals surface area (Å²) in [5.74, 6) is -2.92. The first-order valence-electron chi connectivity index (χ1n) is 11.6. The number of pyridine rings is 1. The van der Waals surface area contributed by atoms with E-state index in [9.17, 15) is 27.6 Å². The van der Waals surface area contributed by atoms with E-state index < -0.39 is 35.5 Å². The van der Waals surface area contributed by atoms with E-state index in [1.54, 1.807) is 60.9 Å². The molecule has 0 spiro atoms. The van der Waals surface area contributed by atoms with Gasteiger partial charge in [0.15, 0.2) is 0 Å². The molecule has 1 aliphatic heterocycles. The molecule has 1 saturated heterocycles. The highest BCUT2D eigenvalue weighted by Crippen LogP contribution is 2.28. The maximum absolute atomic E-state index is 13.4. The third-order valence-corrected chi connectivity index (χ3v) is 6.48. The molecule has 11 heteroatoms. The van der Waals surface area contributed by atoms with Crippen LogP contribution < -0.4 is 10.6 Å². The van der Waals surface area contributed by atoms with E-state index in [0.29, 0.717) is 24.0 Å². The molecule has 2 N–H and O–H groups in total. The fourth-order valence-corrected chi connectivity index (χ4v) is 4.56. The highest BCUT2D eigenvalue weighted by Gasteiger charge is 2.44. The molecule has 2 aromatic heterocycles. The Labute approximate surface area is 202 Å². The van der Waals surface area contributed by atoms with Crippen molar-refractivity contribution in [3.05, 3.63) is 36.4 Å². The van der Waals surface area contributed by atoms with E-state index in [1.807, 2.05) is 19.2 Å². The van der Waals surface area contributed by atoms with E-state index in [2.05, 4.69) is 10.3 Å². The number of nitrogens with one attached hydrogen (secondary N) is 2. The summed E-state index contributed by atoms with van der Waals surface area (Å²) in [6.07, 6.45) is 0.500. The van der Waals surface area contributed by atoms with Crippen molar-refractivity contribution in [3.63, 3.8) is 0 Å². The number of halogens is 3. The van der Waals surface area contributed by atoms with Crippen molar-refractivity contribution in [2.45, 2.75) is 59.3 Å². The van der Waals surface area contributed by atoms with Gasteiger partial charge in [0.1, 0.15) is 6.04 Å². The third-order valence-electron chi connectivity index (χ3n) is 6.48. The standard InChI is InChI=1S/C24H32F3N5O3/c1-14(2)15-8-10-31(21(34)16-7-6-9-32-13-28-11-18(16)32)12-17(15)29-20(33)19(23(3,4)5)30-22(35)24(25,26)27/h6-7,9,11,13-15,17,19H,8,10,12H2,1-5H3,(H,29,33)(H,30,35)/t15-,17+,19+/m0/s1. The summed E-state index contributed by atoms with van der Waals surface area (Å²) >= 11 is 0. The molecule has 0 saturated carbocycles. The molecule has 1 fully saturated rings. The van der Waals surface area contributed by atoms with Crippen LogP contribution in [0.4, 0.5) is 13.2 Å². The van der Waals surface area contributed by atoms with Gasteiger partial charge in [0.05, 0.1) is 23.6 Å². The zero-order valence-electron chi connectivity index (χ0n) is 20.5. The molecular formula is C24H32F3N5O3. The van der Waals surface area contributed by atoms with Crippen molar-refractivity contribution in [2.24, 2.45) is 17.3 Å². The van der Waals surface area contributed by atoms with Crippen molar-refractivity contribution in [1.82, 2.24) is 24.9 Å². The molecule has 8 nitrogen and oxygen atoms in total. The van der Waals surface area contributed by atoms with E-state index >= 15 is 0 Å². The molecule has 3 amide bonds. The van der Waals surface area contributed by atoms with E-state index in [1.165, 1.54) is 0 Å². The number of imidazole rings is 1. The molecule has 35 heavy (non-hydrogen) atoms. The molecule has 3 rings (SSSR count). The number of alkyl halides is 3. The van der Waals surface area contributed by atoms with Crippen molar-refractivity contribution >= 4 is 23.2 Å². The van der Waals surface area contributed by atoms with E-state index in [4.69, 9.17) is 0 Å². The second kappa shape index (κ2) is 9.87. The monoisotopic (exact) mass is 495 g/mol. The molecular weight excluding hydrogens is 463 g/mol. The molecule has 192 valence electrons. The number of amides is 3. The number of nitrogens with zero attached hydrogens (tertiary/aromatic N) is 3. The van der Waals surface area contributed by atoms with Crippen molar-refractivity contribution < 1.29 is 27.6 Å². The first-order valence-corrected chi connectivity index (χ1v) is 11.6. The number of hydrogen-bond donors (Lipinski definition) is 2. The Bertz CT molecular complexity index is 1090. The molecule has 0 bridgehead atoms. The second-order valence-electron chi connectivity index (χ2n) is 10.4. The van der Waals surface area contributed by atoms with Crippen LogP contribution in [0.3, 0.4) is 0 Å². The Morgan fingerprint density at radius 2 is 1.86 bits per heavy atom. The Morgan fingerprint density at radius 3 is 2.46 bits per heavy atom. The van der Waals surface area contributed by atoms with Crippen LogP contribution in [0.1, 0.15) is 51.4 Å². The first-order chi connectivity index (χ1) is 16.2. The van der Waals surface area contributed by atoms with Crippen LogP contribution in [0, 0.1) is 17.3 Å². The molecule has 0 aliphatic carbocycles. The average Bonchev–Trinajstić information content (AvgIpc) is 3.24. The first kappa shape index (κ1) is 26.5. The van der Waals surface area contributed by atoms with Gasteiger partial charge in [-0.15, -0.1) is 0 Å². The Kier molecular flexibility index (Phi) is 7.47. The number of rotatable bonds is 5. The Hall–Kier alpha value is -3.11. The SMILES string of the molecule is CC(C)[C@@H]1CCN(C(=O)c2cccn3cncc23)C[C@H]1NC(=O)[C@@H](NC(=O)C(F)(F)F)C(C)(C)C.